The molecule has 1 aliphatic carbocycles. The third-order valence-corrected chi connectivity index (χ3v) is 6.31. The Labute approximate surface area is 153 Å². The Kier molecular flexibility index (Phi) is 6.48. The Balaban J connectivity index is 1.75. The Morgan fingerprint density at radius 2 is 2.08 bits per heavy atom. The fourth-order valence-corrected chi connectivity index (χ4v) is 4.77. The molecule has 0 radical (unpaired) electrons. The highest BCUT2D eigenvalue weighted by atomic mass is 32.1. The Hall–Kier alpha value is -1.40. The number of ether oxygens (including phenoxy) is 1. The fourth-order valence-electron chi connectivity index (χ4n) is 4.14. The molecule has 2 aliphatic rings. The first-order valence-corrected chi connectivity index (χ1v) is 10.2. The van der Waals surface area contributed by atoms with Crippen molar-refractivity contribution in [3.8, 4) is 0 Å². The summed E-state index contributed by atoms with van der Waals surface area (Å²) in [5.74, 6) is 0.201. The lowest BCUT2D eigenvalue weighted by molar-refractivity contribution is -0.136. The number of rotatable bonds is 6. The molecule has 138 valence electrons. The number of nitrogens with one attached hydrogen (secondary N) is 1. The highest BCUT2D eigenvalue weighted by Crippen LogP contribution is 2.29. The molecule has 5 nitrogen and oxygen atoms in total. The molecule has 2 heterocycles. The molecular weight excluding hydrogens is 336 g/mol. The number of nitrogens with zero attached hydrogens (tertiary/aromatic N) is 1. The molecule has 6 heteroatoms. The number of carbonyl (C=O) groups excluding carboxylic acids is 2. The minimum absolute atomic E-state index is 0.0800. The average molecular weight is 365 g/mol. The van der Waals surface area contributed by atoms with Crippen LogP contribution in [-0.2, 0) is 9.53 Å². The van der Waals surface area contributed by atoms with Gasteiger partial charge in [-0.1, -0.05) is 25.3 Å². The van der Waals surface area contributed by atoms with Crippen molar-refractivity contribution < 1.29 is 14.3 Å². The van der Waals surface area contributed by atoms with Gasteiger partial charge >= 0.3 is 0 Å². The van der Waals surface area contributed by atoms with Gasteiger partial charge in [-0.15, -0.1) is 11.3 Å². The minimum Gasteiger partial charge on any atom is -0.383 e. The van der Waals surface area contributed by atoms with Crippen LogP contribution in [0, 0.1) is 5.92 Å². The number of hydrogen-bond acceptors (Lipinski definition) is 4. The molecule has 25 heavy (non-hydrogen) atoms. The van der Waals surface area contributed by atoms with Crippen molar-refractivity contribution in [2.24, 2.45) is 5.92 Å². The summed E-state index contributed by atoms with van der Waals surface area (Å²) in [6.45, 7) is 1.34. The molecule has 1 aromatic rings. The van der Waals surface area contributed by atoms with Gasteiger partial charge < -0.3 is 15.0 Å². The van der Waals surface area contributed by atoms with E-state index in [1.807, 2.05) is 22.4 Å². The molecule has 3 rings (SSSR count). The van der Waals surface area contributed by atoms with E-state index in [0.29, 0.717) is 11.5 Å². The van der Waals surface area contributed by atoms with Crippen LogP contribution < -0.4 is 5.32 Å². The molecule has 1 aromatic heterocycles. The average Bonchev–Trinajstić information content (AvgIpc) is 3.32. The van der Waals surface area contributed by atoms with Gasteiger partial charge in [0.25, 0.3) is 5.91 Å². The van der Waals surface area contributed by atoms with Crippen LogP contribution in [0.15, 0.2) is 17.5 Å². The molecule has 0 bridgehead atoms. The second-order valence-electron chi connectivity index (χ2n) is 7.11. The van der Waals surface area contributed by atoms with E-state index in [1.54, 1.807) is 7.11 Å². The summed E-state index contributed by atoms with van der Waals surface area (Å²) < 4.78 is 5.29. The maximum atomic E-state index is 13.3. The number of carbonyl (C=O) groups is 2. The van der Waals surface area contributed by atoms with E-state index in [9.17, 15) is 9.59 Å². The van der Waals surface area contributed by atoms with Gasteiger partial charge in [0.15, 0.2) is 0 Å². The molecule has 2 fully saturated rings. The van der Waals surface area contributed by atoms with Crippen molar-refractivity contribution >= 4 is 23.2 Å². The van der Waals surface area contributed by atoms with Gasteiger partial charge in [0, 0.05) is 13.7 Å². The quantitative estimate of drug-likeness (QED) is 0.844. The second kappa shape index (κ2) is 8.81. The lowest BCUT2D eigenvalue weighted by Crippen LogP contribution is -2.54. The van der Waals surface area contributed by atoms with Gasteiger partial charge in [-0.2, -0.15) is 0 Å². The van der Waals surface area contributed by atoms with Crippen molar-refractivity contribution in [1.29, 1.82) is 0 Å². The zero-order valence-electron chi connectivity index (χ0n) is 14.9. The third kappa shape index (κ3) is 4.42. The summed E-state index contributed by atoms with van der Waals surface area (Å²) >= 11 is 1.42. The highest BCUT2D eigenvalue weighted by molar-refractivity contribution is 7.12. The Morgan fingerprint density at radius 1 is 1.28 bits per heavy atom. The van der Waals surface area contributed by atoms with Crippen LogP contribution >= 0.6 is 11.3 Å². The van der Waals surface area contributed by atoms with E-state index in [2.05, 4.69) is 5.32 Å². The number of likely N-dealkylation sites (tertiary alicyclic amines) is 1. The zero-order valence-corrected chi connectivity index (χ0v) is 15.7. The molecule has 2 amide bonds. The lowest BCUT2D eigenvalue weighted by Gasteiger charge is -2.34. The van der Waals surface area contributed by atoms with E-state index in [4.69, 9.17) is 4.74 Å². The number of thiophene rings is 1. The number of methoxy groups -OCH3 is 1. The predicted molar refractivity (Wildman–Crippen MR) is 98.8 cm³/mol. The summed E-state index contributed by atoms with van der Waals surface area (Å²) in [6.07, 6.45) is 7.54. The molecule has 1 saturated heterocycles. The summed E-state index contributed by atoms with van der Waals surface area (Å²) in [7, 11) is 1.68. The van der Waals surface area contributed by atoms with Crippen molar-refractivity contribution in [2.75, 3.05) is 20.3 Å². The molecular formula is C19H28N2O3S. The summed E-state index contributed by atoms with van der Waals surface area (Å²) in [6, 6.07) is 3.41. The monoisotopic (exact) mass is 364 g/mol. The predicted octanol–water partition coefficient (Wildman–Crippen LogP) is 3.06. The van der Waals surface area contributed by atoms with Gasteiger partial charge in [-0.25, -0.2) is 0 Å². The maximum absolute atomic E-state index is 13.3. The molecule has 1 saturated carbocycles. The molecule has 1 N–H and O–H groups in total. The fraction of sp³-hybridized carbons (Fsp3) is 0.684. The van der Waals surface area contributed by atoms with Crippen molar-refractivity contribution in [3.05, 3.63) is 22.4 Å². The lowest BCUT2D eigenvalue weighted by atomic mass is 9.83. The van der Waals surface area contributed by atoms with Crippen LogP contribution in [0.1, 0.15) is 54.6 Å². The van der Waals surface area contributed by atoms with Crippen molar-refractivity contribution in [3.63, 3.8) is 0 Å². The van der Waals surface area contributed by atoms with Gasteiger partial charge in [0.1, 0.15) is 6.04 Å². The first-order chi connectivity index (χ1) is 12.2. The zero-order chi connectivity index (χ0) is 17.6. The van der Waals surface area contributed by atoms with Crippen LogP contribution in [-0.4, -0.2) is 49.1 Å². The smallest absolute Gasteiger partial charge is 0.262 e. The van der Waals surface area contributed by atoms with Crippen LogP contribution in [0.2, 0.25) is 0 Å². The summed E-state index contributed by atoms with van der Waals surface area (Å²) in [4.78, 5) is 28.5. The van der Waals surface area contributed by atoms with Crippen molar-refractivity contribution in [2.45, 2.75) is 57.0 Å². The third-order valence-electron chi connectivity index (χ3n) is 5.44. The van der Waals surface area contributed by atoms with Gasteiger partial charge in [-0.05, 0) is 43.0 Å². The molecule has 0 aromatic carbocycles. The second-order valence-corrected chi connectivity index (χ2v) is 8.06. The molecule has 2 unspecified atom stereocenters. The van der Waals surface area contributed by atoms with Gasteiger partial charge in [-0.3, -0.25) is 9.59 Å². The van der Waals surface area contributed by atoms with Crippen LogP contribution in [0.25, 0.3) is 0 Å². The van der Waals surface area contributed by atoms with E-state index in [0.717, 1.165) is 45.1 Å². The first-order valence-electron chi connectivity index (χ1n) is 9.34. The normalized spacial score (nSPS) is 22.8. The van der Waals surface area contributed by atoms with Gasteiger partial charge in [0.2, 0.25) is 5.91 Å². The van der Waals surface area contributed by atoms with E-state index in [1.165, 1.54) is 17.8 Å². The van der Waals surface area contributed by atoms with Crippen LogP contribution in [0.3, 0.4) is 0 Å². The number of amides is 2. The maximum Gasteiger partial charge on any atom is 0.262 e. The number of hydrogen-bond donors (Lipinski definition) is 1. The molecule has 1 aliphatic heterocycles. The Morgan fingerprint density at radius 3 is 2.76 bits per heavy atom. The summed E-state index contributed by atoms with van der Waals surface area (Å²) in [5.41, 5.74) is 0. The van der Waals surface area contributed by atoms with E-state index in [-0.39, 0.29) is 23.8 Å². The largest absolute Gasteiger partial charge is 0.383 e. The van der Waals surface area contributed by atoms with Gasteiger partial charge in [0.05, 0.1) is 17.5 Å². The first kappa shape index (κ1) is 18.4. The SMILES string of the molecule is COCC1CCCN1C(=O)C(NC(=O)c1cccs1)C1CCCCC1. The van der Waals surface area contributed by atoms with Crippen LogP contribution in [0.4, 0.5) is 0 Å². The van der Waals surface area contributed by atoms with Crippen molar-refractivity contribution in [1.82, 2.24) is 10.2 Å². The topological polar surface area (TPSA) is 58.6 Å². The van der Waals surface area contributed by atoms with Crippen LogP contribution in [0.5, 0.6) is 0 Å². The van der Waals surface area contributed by atoms with E-state index >= 15 is 0 Å². The standard InChI is InChI=1S/C19H28N2O3S/c1-24-13-15-9-5-11-21(15)19(23)17(14-7-3-2-4-8-14)20-18(22)16-10-6-12-25-16/h6,10,12,14-15,17H,2-5,7-9,11,13H2,1H3,(H,20,22). The van der Waals surface area contributed by atoms with E-state index < -0.39 is 6.04 Å². The Bertz CT molecular complexity index is 569. The molecule has 0 spiro atoms. The molecule has 2 atom stereocenters. The minimum atomic E-state index is -0.410. The summed E-state index contributed by atoms with van der Waals surface area (Å²) in [5, 5.41) is 4.96. The highest BCUT2D eigenvalue weighted by Gasteiger charge is 2.38.